The third kappa shape index (κ3) is 13.7. The summed E-state index contributed by atoms with van der Waals surface area (Å²) in [5.74, 6) is 1.29. The molecule has 0 aromatic heterocycles. The maximum atomic E-state index is 11.5. The molecule has 0 fully saturated rings. The van der Waals surface area contributed by atoms with Gasteiger partial charge >= 0.3 is 11.9 Å². The third-order valence-electron chi connectivity index (χ3n) is 9.80. The number of aliphatic hydroxyl groups is 3. The summed E-state index contributed by atoms with van der Waals surface area (Å²) in [6.07, 6.45) is -1.93. The van der Waals surface area contributed by atoms with Crippen LogP contribution < -0.4 is 18.9 Å². The molecule has 2 atom stereocenters. The smallest absolute Gasteiger partial charge is 0.333 e. The van der Waals surface area contributed by atoms with Gasteiger partial charge in [-0.25, -0.2) is 9.59 Å². The number of carbonyl (C=O) groups excluding carboxylic acids is 2. The van der Waals surface area contributed by atoms with Crippen LogP contribution >= 0.6 is 0 Å². The summed E-state index contributed by atoms with van der Waals surface area (Å²) in [7, 11) is 0. The maximum absolute atomic E-state index is 11.5. The van der Waals surface area contributed by atoms with Crippen molar-refractivity contribution in [3.63, 3.8) is 0 Å². The Bertz CT molecular complexity index is 1850. The summed E-state index contributed by atoms with van der Waals surface area (Å²) in [6.45, 7) is 19.9. The van der Waals surface area contributed by atoms with Gasteiger partial charge in [-0.2, -0.15) is 0 Å². The van der Waals surface area contributed by atoms with Crippen molar-refractivity contribution in [1.82, 2.24) is 0 Å². The first-order valence-electron chi connectivity index (χ1n) is 19.4. The Labute approximate surface area is 347 Å². The predicted molar refractivity (Wildman–Crippen MR) is 226 cm³/mol. The van der Waals surface area contributed by atoms with E-state index in [2.05, 4.69) is 40.9 Å². The van der Waals surface area contributed by atoms with E-state index in [0.29, 0.717) is 23.0 Å². The molecule has 0 aliphatic rings. The monoisotopic (exact) mass is 810 g/mol. The van der Waals surface area contributed by atoms with Crippen molar-refractivity contribution >= 4 is 11.9 Å². The van der Waals surface area contributed by atoms with Gasteiger partial charge in [0.25, 0.3) is 0 Å². The van der Waals surface area contributed by atoms with E-state index >= 15 is 0 Å². The highest BCUT2D eigenvalue weighted by Gasteiger charge is 2.27. The first-order valence-corrected chi connectivity index (χ1v) is 19.4. The fraction of sp³-hybridized carbons (Fsp3) is 0.375. The van der Waals surface area contributed by atoms with Crippen LogP contribution in [-0.4, -0.2) is 84.7 Å². The Hall–Kier alpha value is -5.62. The molecule has 0 amide bonds. The number of aliphatic hydroxyl groups excluding tert-OH is 2. The van der Waals surface area contributed by atoms with Crippen molar-refractivity contribution in [2.45, 2.75) is 77.1 Å². The van der Waals surface area contributed by atoms with Crippen molar-refractivity contribution < 1.29 is 53.3 Å². The van der Waals surface area contributed by atoms with E-state index < -0.39 is 29.7 Å². The van der Waals surface area contributed by atoms with Crippen molar-refractivity contribution in [3.8, 4) is 23.0 Å². The van der Waals surface area contributed by atoms with Gasteiger partial charge in [0.2, 0.25) is 0 Å². The molecule has 11 nitrogen and oxygen atoms in total. The van der Waals surface area contributed by atoms with Gasteiger partial charge in [0.05, 0.1) is 0 Å². The molecule has 4 aromatic rings. The molecule has 3 N–H and O–H groups in total. The standard InChI is InChI=1S/C48H58O11/c1-32(2)44(51)56-28-38(49)26-54-40-18-10-34(11-19-40)46(5,6)36-14-22-42(23-15-36)58-30-48(9,53)31-59-43-24-16-37(17-25-43)47(7,8)35-12-20-41(21-13-35)55-27-39(50)29-57-45(52)33(3)4/h10-25,38-39,49-50,53H,1,3,26-31H2,2,4-9H3. The highest BCUT2D eigenvalue weighted by Crippen LogP contribution is 2.35. The topological polar surface area (TPSA) is 150 Å². The first kappa shape index (κ1) is 46.1. The summed E-state index contributed by atoms with van der Waals surface area (Å²) in [4.78, 5) is 23.1. The zero-order valence-electron chi connectivity index (χ0n) is 35.2. The van der Waals surface area contributed by atoms with Crippen LogP contribution in [0, 0.1) is 0 Å². The summed E-state index contributed by atoms with van der Waals surface area (Å²) >= 11 is 0. The fourth-order valence-electron chi connectivity index (χ4n) is 5.80. The Balaban J connectivity index is 1.23. The molecule has 59 heavy (non-hydrogen) atoms. The number of carbonyl (C=O) groups is 2. The van der Waals surface area contributed by atoms with Crippen LogP contribution in [0.15, 0.2) is 121 Å². The second-order valence-corrected chi connectivity index (χ2v) is 16.1. The molecule has 0 radical (unpaired) electrons. The van der Waals surface area contributed by atoms with Crippen LogP contribution in [0.5, 0.6) is 23.0 Å². The number of esters is 2. The summed E-state index contributed by atoms with van der Waals surface area (Å²) in [5, 5.41) is 31.2. The van der Waals surface area contributed by atoms with Crippen LogP contribution in [0.3, 0.4) is 0 Å². The summed E-state index contributed by atoms with van der Waals surface area (Å²) < 4.78 is 33.2. The molecule has 4 rings (SSSR count). The Morgan fingerprint density at radius 1 is 0.492 bits per heavy atom. The molecule has 11 heteroatoms. The van der Waals surface area contributed by atoms with Crippen LogP contribution in [0.4, 0.5) is 0 Å². The van der Waals surface area contributed by atoms with Crippen molar-refractivity contribution in [2.24, 2.45) is 0 Å². The van der Waals surface area contributed by atoms with Gasteiger partial charge in [-0.05, 0) is 91.6 Å². The molecule has 0 saturated heterocycles. The molecule has 0 spiro atoms. The second-order valence-electron chi connectivity index (χ2n) is 16.1. The highest BCUT2D eigenvalue weighted by atomic mass is 16.6. The molecule has 0 aliphatic heterocycles. The van der Waals surface area contributed by atoms with Crippen molar-refractivity contribution in [3.05, 3.63) is 144 Å². The zero-order valence-corrected chi connectivity index (χ0v) is 35.2. The molecule has 0 bridgehead atoms. The van der Waals surface area contributed by atoms with Crippen LogP contribution in [0.2, 0.25) is 0 Å². The van der Waals surface area contributed by atoms with E-state index in [1.54, 1.807) is 20.8 Å². The average Bonchev–Trinajstić information content (AvgIpc) is 3.22. The van der Waals surface area contributed by atoms with Gasteiger partial charge in [-0.1, -0.05) is 89.4 Å². The fourth-order valence-corrected chi connectivity index (χ4v) is 5.80. The highest BCUT2D eigenvalue weighted by molar-refractivity contribution is 5.87. The number of hydrogen-bond donors (Lipinski definition) is 3. The van der Waals surface area contributed by atoms with Crippen LogP contribution in [0.1, 0.15) is 70.7 Å². The molecule has 0 heterocycles. The predicted octanol–water partition coefficient (Wildman–Crippen LogP) is 7.27. The molecule has 2 unspecified atom stereocenters. The summed E-state index contributed by atoms with van der Waals surface area (Å²) in [6, 6.07) is 30.8. The largest absolute Gasteiger partial charge is 0.491 e. The lowest BCUT2D eigenvalue weighted by molar-refractivity contribution is -0.143. The number of benzene rings is 4. The first-order chi connectivity index (χ1) is 27.8. The molecule has 4 aromatic carbocycles. The maximum Gasteiger partial charge on any atom is 0.333 e. The van der Waals surface area contributed by atoms with E-state index in [4.69, 9.17) is 28.4 Å². The number of rotatable bonds is 22. The molecular weight excluding hydrogens is 753 g/mol. The quantitative estimate of drug-likeness (QED) is 0.0544. The number of ether oxygens (including phenoxy) is 6. The molecule has 0 aliphatic carbocycles. The van der Waals surface area contributed by atoms with Crippen molar-refractivity contribution in [1.29, 1.82) is 0 Å². The van der Waals surface area contributed by atoms with E-state index in [-0.39, 0.29) is 61.6 Å². The Kier molecular flexibility index (Phi) is 15.9. The normalized spacial score (nSPS) is 13.6. The molecular formula is C48H58O11. The second kappa shape index (κ2) is 20.4. The van der Waals surface area contributed by atoms with Gasteiger partial charge < -0.3 is 43.7 Å². The van der Waals surface area contributed by atoms with Gasteiger partial charge in [-0.3, -0.25) is 0 Å². The van der Waals surface area contributed by atoms with Gasteiger partial charge in [0.1, 0.15) is 80.4 Å². The molecule has 0 saturated carbocycles. The van der Waals surface area contributed by atoms with Crippen LogP contribution in [0.25, 0.3) is 0 Å². The number of hydrogen-bond acceptors (Lipinski definition) is 11. The van der Waals surface area contributed by atoms with E-state index in [0.717, 1.165) is 22.3 Å². The minimum absolute atomic E-state index is 0.0223. The Morgan fingerprint density at radius 3 is 1.00 bits per heavy atom. The lowest BCUT2D eigenvalue weighted by Gasteiger charge is -2.27. The van der Waals surface area contributed by atoms with E-state index in [1.165, 1.54) is 0 Å². The Morgan fingerprint density at radius 2 is 0.746 bits per heavy atom. The van der Waals surface area contributed by atoms with Gasteiger partial charge in [0, 0.05) is 22.0 Å². The van der Waals surface area contributed by atoms with E-state index in [1.807, 2.05) is 97.1 Å². The lowest BCUT2D eigenvalue weighted by Crippen LogP contribution is -2.38. The minimum Gasteiger partial charge on any atom is -0.491 e. The van der Waals surface area contributed by atoms with Gasteiger partial charge in [0.15, 0.2) is 0 Å². The SMILES string of the molecule is C=C(C)C(=O)OCC(O)COc1ccc(C(C)(C)c2ccc(OCC(C)(O)COc3ccc(C(C)(C)c4ccc(OCC(O)COC(=O)C(=C)C)cc4)cc3)cc2)cc1. The van der Waals surface area contributed by atoms with E-state index in [9.17, 15) is 24.9 Å². The van der Waals surface area contributed by atoms with Crippen LogP contribution in [-0.2, 0) is 29.9 Å². The van der Waals surface area contributed by atoms with Gasteiger partial charge in [-0.15, -0.1) is 0 Å². The average molecular weight is 811 g/mol. The minimum atomic E-state index is -1.26. The lowest BCUT2D eigenvalue weighted by atomic mass is 9.78. The van der Waals surface area contributed by atoms with Crippen molar-refractivity contribution in [2.75, 3.05) is 39.6 Å². The molecule has 316 valence electrons. The zero-order chi connectivity index (χ0) is 43.4. The third-order valence-corrected chi connectivity index (χ3v) is 9.80. The summed E-state index contributed by atoms with van der Waals surface area (Å²) in [5.41, 5.74) is 2.83.